The summed E-state index contributed by atoms with van der Waals surface area (Å²) in [6.45, 7) is 2.00. The molecule has 0 aromatic carbocycles. The summed E-state index contributed by atoms with van der Waals surface area (Å²) in [6.07, 6.45) is 0. The summed E-state index contributed by atoms with van der Waals surface area (Å²) in [5.74, 6) is 0. The quantitative estimate of drug-likeness (QED) is 0.407. The molecule has 0 heterocycles. The predicted octanol–water partition coefficient (Wildman–Crippen LogP) is -3.07. The molecule has 0 bridgehead atoms. The molecule has 0 fully saturated rings. The maximum atomic E-state index is 8.00. The molecule has 19 valence electrons. The van der Waals surface area contributed by atoms with Crippen LogP contribution in [0.4, 0.5) is 0 Å². The average Bonchev–Trinajstić information content (AvgIpc) is 1.00. The molecular weight excluding hydrogens is 232 g/mol. The van der Waals surface area contributed by atoms with E-state index in [-0.39, 0.29) is 53.4 Å². The Kier molecular flexibility index (Phi) is 117. The molecule has 0 saturated heterocycles. The summed E-state index contributed by atoms with van der Waals surface area (Å²) < 4.78 is 0. The van der Waals surface area contributed by atoms with Gasteiger partial charge in [-0.1, -0.05) is 0 Å². The van der Waals surface area contributed by atoms with E-state index >= 15 is 0 Å². The van der Waals surface area contributed by atoms with Gasteiger partial charge in [0.1, 0.15) is 6.79 Å². The van der Waals surface area contributed by atoms with Crippen LogP contribution in [0, 0.1) is 0 Å². The molecule has 4 heavy (non-hydrogen) atoms. The van der Waals surface area contributed by atoms with Crippen LogP contribution < -0.4 is 29.6 Å². The van der Waals surface area contributed by atoms with Crippen LogP contribution >= 0.6 is 0 Å². The van der Waals surface area contributed by atoms with Crippen LogP contribution in [0.25, 0.3) is 0 Å². The molecule has 0 saturated carbocycles. The second kappa shape index (κ2) is 25.8. The van der Waals surface area contributed by atoms with Crippen molar-refractivity contribution in [3.63, 3.8) is 0 Å². The molecular formula is CH3NaOTa. The monoisotopic (exact) mass is 235 g/mol. The minimum absolute atomic E-state index is 0. The van der Waals surface area contributed by atoms with E-state index in [4.69, 9.17) is 4.79 Å². The SMILES string of the molecule is C=O.[H-].[Na+].[Ta]. The van der Waals surface area contributed by atoms with Crippen molar-refractivity contribution >= 4 is 6.79 Å². The second-order valence-corrected chi connectivity index (χ2v) is 0. The molecule has 1 radical (unpaired) electrons. The first-order chi connectivity index (χ1) is 1.00. The van der Waals surface area contributed by atoms with Crippen LogP contribution in [-0.4, -0.2) is 6.79 Å². The molecule has 0 aromatic heterocycles. The van der Waals surface area contributed by atoms with Gasteiger partial charge in [0.2, 0.25) is 0 Å². The molecule has 0 aliphatic carbocycles. The van der Waals surface area contributed by atoms with Gasteiger partial charge >= 0.3 is 29.6 Å². The maximum absolute atomic E-state index is 8.00. The summed E-state index contributed by atoms with van der Waals surface area (Å²) in [5.41, 5.74) is 0. The van der Waals surface area contributed by atoms with Crippen LogP contribution in [-0.2, 0) is 27.2 Å². The van der Waals surface area contributed by atoms with E-state index < -0.39 is 0 Å². The summed E-state index contributed by atoms with van der Waals surface area (Å²) in [4.78, 5) is 8.00. The number of hydrogen-bond donors (Lipinski definition) is 0. The van der Waals surface area contributed by atoms with E-state index in [1.807, 2.05) is 6.79 Å². The molecule has 0 N–H and O–H groups in total. The molecule has 0 amide bonds. The van der Waals surface area contributed by atoms with Crippen molar-refractivity contribution in [2.24, 2.45) is 0 Å². The van der Waals surface area contributed by atoms with Gasteiger partial charge < -0.3 is 6.22 Å². The normalized spacial score (nSPS) is 1.00. The largest absolute Gasteiger partial charge is 1.00 e. The third-order valence-corrected chi connectivity index (χ3v) is 0. The average molecular weight is 235 g/mol. The van der Waals surface area contributed by atoms with Crippen molar-refractivity contribution in [3.8, 4) is 0 Å². The van der Waals surface area contributed by atoms with Gasteiger partial charge in [-0.2, -0.15) is 0 Å². The van der Waals surface area contributed by atoms with Crippen molar-refractivity contribution in [3.05, 3.63) is 0 Å². The van der Waals surface area contributed by atoms with Gasteiger partial charge in [-0.25, -0.2) is 0 Å². The van der Waals surface area contributed by atoms with Gasteiger partial charge in [-0.3, -0.25) is 0 Å². The predicted molar refractivity (Wildman–Crippen MR) is 8.23 cm³/mol. The summed E-state index contributed by atoms with van der Waals surface area (Å²) in [7, 11) is 0. The zero-order valence-electron chi connectivity index (χ0n) is 3.56. The van der Waals surface area contributed by atoms with E-state index in [2.05, 4.69) is 0 Å². The van der Waals surface area contributed by atoms with E-state index in [0.717, 1.165) is 0 Å². The Morgan fingerprint density at radius 2 is 1.50 bits per heavy atom. The van der Waals surface area contributed by atoms with Crippen molar-refractivity contribution < 1.29 is 58.2 Å². The molecule has 0 aliphatic rings. The van der Waals surface area contributed by atoms with Crippen molar-refractivity contribution in [1.29, 1.82) is 0 Å². The zero-order valence-corrected chi connectivity index (χ0v) is 7.78. The molecule has 0 rings (SSSR count). The van der Waals surface area contributed by atoms with Crippen molar-refractivity contribution in [1.82, 2.24) is 0 Å². The van der Waals surface area contributed by atoms with Crippen molar-refractivity contribution in [2.45, 2.75) is 0 Å². The fourth-order valence-electron chi connectivity index (χ4n) is 0. The first kappa shape index (κ1) is 18.1. The standard InChI is InChI=1S/CH2O.Na.Ta.H/c1-2;;;/h1H2;;;/q;+1;;-1. The summed E-state index contributed by atoms with van der Waals surface area (Å²) in [6, 6.07) is 0. The van der Waals surface area contributed by atoms with Gasteiger partial charge in [-0.05, 0) is 0 Å². The van der Waals surface area contributed by atoms with Crippen LogP contribution in [0.3, 0.4) is 0 Å². The summed E-state index contributed by atoms with van der Waals surface area (Å²) in [5, 5.41) is 0. The fourth-order valence-corrected chi connectivity index (χ4v) is 0. The van der Waals surface area contributed by atoms with Gasteiger partial charge in [0.25, 0.3) is 0 Å². The smallest absolute Gasteiger partial charge is 1.00 e. The Bertz CT molecular complexity index is 11.6. The van der Waals surface area contributed by atoms with E-state index in [1.54, 1.807) is 0 Å². The number of hydrogen-bond acceptors (Lipinski definition) is 1. The molecule has 0 unspecified atom stereocenters. The Hall–Kier alpha value is 1.41. The Balaban J connectivity index is -0.00000000167. The molecule has 0 spiro atoms. The number of carbonyl (C=O) groups is 1. The Labute approximate surface area is 64.4 Å². The minimum atomic E-state index is 0. The number of rotatable bonds is 0. The first-order valence-corrected chi connectivity index (χ1v) is 0.289. The van der Waals surface area contributed by atoms with Crippen LogP contribution in [0.2, 0.25) is 0 Å². The molecule has 1 nitrogen and oxygen atoms in total. The van der Waals surface area contributed by atoms with E-state index in [0.29, 0.717) is 0 Å². The van der Waals surface area contributed by atoms with E-state index in [9.17, 15) is 0 Å². The minimum Gasteiger partial charge on any atom is -1.00 e. The zero-order chi connectivity index (χ0) is 2.00. The molecule has 0 aromatic rings. The van der Waals surface area contributed by atoms with E-state index in [1.165, 1.54) is 0 Å². The van der Waals surface area contributed by atoms with Gasteiger partial charge in [0.15, 0.2) is 0 Å². The Morgan fingerprint density at radius 1 is 1.50 bits per heavy atom. The van der Waals surface area contributed by atoms with Crippen LogP contribution in [0.1, 0.15) is 1.43 Å². The topological polar surface area (TPSA) is 17.1 Å². The van der Waals surface area contributed by atoms with Gasteiger partial charge in [-0.15, -0.1) is 0 Å². The maximum Gasteiger partial charge on any atom is 1.00 e. The molecule has 3 heteroatoms. The molecule has 0 atom stereocenters. The molecule has 0 aliphatic heterocycles. The summed E-state index contributed by atoms with van der Waals surface area (Å²) >= 11 is 0. The van der Waals surface area contributed by atoms with Gasteiger partial charge in [0, 0.05) is 22.4 Å². The van der Waals surface area contributed by atoms with Crippen LogP contribution in [0.5, 0.6) is 0 Å². The van der Waals surface area contributed by atoms with Gasteiger partial charge in [0.05, 0.1) is 0 Å². The second-order valence-electron chi connectivity index (χ2n) is 0. The fraction of sp³-hybridized carbons (Fsp3) is 0. The number of carbonyl (C=O) groups excluding carboxylic acids is 1. The van der Waals surface area contributed by atoms with Crippen molar-refractivity contribution in [2.75, 3.05) is 0 Å². The first-order valence-electron chi connectivity index (χ1n) is 0.289. The Morgan fingerprint density at radius 3 is 1.50 bits per heavy atom. The van der Waals surface area contributed by atoms with Crippen LogP contribution in [0.15, 0.2) is 0 Å². The third kappa shape index (κ3) is 9.96. The third-order valence-electron chi connectivity index (χ3n) is 0.